The van der Waals surface area contributed by atoms with E-state index in [0.717, 1.165) is 5.49 Å². The van der Waals surface area contributed by atoms with E-state index in [-0.39, 0.29) is 0 Å². The number of hydrogen-bond donors (Lipinski definition) is 1. The number of hydrogen-bond acceptors (Lipinski definition) is 2. The van der Waals surface area contributed by atoms with Gasteiger partial charge in [0.05, 0.1) is 16.6 Å². The number of para-hydroxylation sites is 3. The van der Waals surface area contributed by atoms with Gasteiger partial charge in [0.15, 0.2) is 5.49 Å². The Morgan fingerprint density at radius 1 is 1.05 bits per heavy atom. The van der Waals surface area contributed by atoms with Gasteiger partial charge in [-0.15, -0.1) is 0 Å². The van der Waals surface area contributed by atoms with Crippen LogP contribution in [0.3, 0.4) is 0 Å². The van der Waals surface area contributed by atoms with E-state index in [1.807, 2.05) is 0 Å². The molecule has 0 aliphatic carbocycles. The van der Waals surface area contributed by atoms with E-state index in [4.69, 9.17) is 0 Å². The van der Waals surface area contributed by atoms with Crippen LogP contribution in [0.2, 0.25) is 0 Å². The van der Waals surface area contributed by atoms with E-state index < -0.39 is 0 Å². The highest BCUT2D eigenvalue weighted by atomic mass is 15.4. The summed E-state index contributed by atoms with van der Waals surface area (Å²) < 4.78 is 4.59. The first-order chi connectivity index (χ1) is 10.3. The van der Waals surface area contributed by atoms with Crippen LogP contribution in [0.5, 0.6) is 0 Å². The van der Waals surface area contributed by atoms with Crippen molar-refractivity contribution in [2.24, 2.45) is 5.10 Å². The lowest BCUT2D eigenvalue weighted by molar-refractivity contribution is 0.659. The van der Waals surface area contributed by atoms with Gasteiger partial charge in [-0.1, -0.05) is 24.3 Å². The van der Waals surface area contributed by atoms with E-state index >= 15 is 0 Å². The second-order valence-corrected chi connectivity index (χ2v) is 5.53. The minimum atomic E-state index is 0.715. The van der Waals surface area contributed by atoms with Gasteiger partial charge >= 0.3 is 0 Å². The highest BCUT2D eigenvalue weighted by molar-refractivity contribution is 5.99. The van der Waals surface area contributed by atoms with Crippen molar-refractivity contribution in [1.29, 1.82) is 0 Å². The normalized spacial score (nSPS) is 13.6. The quantitative estimate of drug-likeness (QED) is 0.525. The van der Waals surface area contributed by atoms with E-state index in [9.17, 15) is 0 Å². The maximum atomic E-state index is 4.53. The first-order valence-electron chi connectivity index (χ1n) is 7.13. The molecule has 2 aromatic carbocycles. The Morgan fingerprint density at radius 3 is 2.81 bits per heavy atom. The van der Waals surface area contributed by atoms with Gasteiger partial charge in [0, 0.05) is 16.5 Å². The molecule has 0 fully saturated rings. The van der Waals surface area contributed by atoms with Crippen LogP contribution >= 0.6 is 0 Å². The van der Waals surface area contributed by atoms with Gasteiger partial charge in [-0.3, -0.25) is 5.43 Å². The van der Waals surface area contributed by atoms with Crippen molar-refractivity contribution in [1.82, 2.24) is 14.4 Å². The number of aryl methyl sites for hydroxylation is 1. The molecular formula is C17H14N4. The molecule has 1 N–H and O–H groups in total. The molecule has 4 aromatic rings. The Labute approximate surface area is 120 Å². The average molecular weight is 274 g/mol. The number of aromatic nitrogens is 2. The summed E-state index contributed by atoms with van der Waals surface area (Å²) in [6, 6.07) is 17.2. The smallest absolute Gasteiger partial charge is 0.163 e. The molecule has 21 heavy (non-hydrogen) atoms. The van der Waals surface area contributed by atoms with E-state index in [1.165, 1.54) is 33.0 Å². The van der Waals surface area contributed by atoms with Crippen LogP contribution in [0.1, 0.15) is 5.69 Å². The maximum Gasteiger partial charge on any atom is 0.163 e. The average Bonchev–Trinajstić information content (AvgIpc) is 3.07. The van der Waals surface area contributed by atoms with Crippen molar-refractivity contribution >= 4 is 27.3 Å². The van der Waals surface area contributed by atoms with E-state index in [2.05, 4.69) is 74.9 Å². The third-order valence-corrected chi connectivity index (χ3v) is 4.33. The number of benzene rings is 2. The standard InChI is InChI=1S/C17H14N4/c1-11-9-12-5-4-6-13-16(12)21(11)15-8-3-2-7-14(15)20-10-18-19-17(13)20/h2-9,18H,10H2,1H3. The molecular weight excluding hydrogens is 260 g/mol. The van der Waals surface area contributed by atoms with Crippen molar-refractivity contribution in [3.63, 3.8) is 0 Å². The molecule has 1 aliphatic heterocycles. The molecule has 0 amide bonds. The van der Waals surface area contributed by atoms with Gasteiger partial charge in [0.2, 0.25) is 0 Å². The molecule has 0 atom stereocenters. The van der Waals surface area contributed by atoms with Crippen molar-refractivity contribution < 1.29 is 0 Å². The number of nitrogens with one attached hydrogen (secondary N) is 1. The Balaban J connectivity index is 2.31. The van der Waals surface area contributed by atoms with Crippen LogP contribution < -0.4 is 10.9 Å². The first kappa shape index (κ1) is 11.0. The van der Waals surface area contributed by atoms with Crippen molar-refractivity contribution in [2.75, 3.05) is 0 Å². The fourth-order valence-corrected chi connectivity index (χ4v) is 3.49. The molecule has 0 saturated carbocycles. The van der Waals surface area contributed by atoms with E-state index in [1.54, 1.807) is 0 Å². The molecule has 2 aromatic heterocycles. The van der Waals surface area contributed by atoms with Crippen molar-refractivity contribution in [3.05, 3.63) is 59.7 Å². The molecule has 0 unspecified atom stereocenters. The molecule has 102 valence electrons. The largest absolute Gasteiger partial charge is 0.311 e. The van der Waals surface area contributed by atoms with Crippen LogP contribution in [-0.2, 0) is 6.67 Å². The van der Waals surface area contributed by atoms with Crippen LogP contribution in [0, 0.1) is 6.92 Å². The molecule has 4 heteroatoms. The molecule has 5 rings (SSSR count). The molecule has 3 heterocycles. The highest BCUT2D eigenvalue weighted by Crippen LogP contribution is 2.26. The second-order valence-electron chi connectivity index (χ2n) is 5.53. The van der Waals surface area contributed by atoms with Crippen LogP contribution in [-0.4, -0.2) is 8.97 Å². The molecule has 1 aliphatic rings. The van der Waals surface area contributed by atoms with Gasteiger partial charge in [-0.05, 0) is 31.2 Å². The Bertz CT molecular complexity index is 1100. The molecule has 4 nitrogen and oxygen atoms in total. The summed E-state index contributed by atoms with van der Waals surface area (Å²) in [5, 5.41) is 6.97. The van der Waals surface area contributed by atoms with Gasteiger partial charge in [0.25, 0.3) is 0 Å². The zero-order valence-electron chi connectivity index (χ0n) is 11.7. The lowest BCUT2D eigenvalue weighted by Gasteiger charge is -2.03. The predicted octanol–water partition coefficient (Wildman–Crippen LogP) is 2.73. The minimum Gasteiger partial charge on any atom is -0.311 e. The SMILES string of the molecule is Cc1cc2cccc3c4n(c5ccccc5n1c23)CNN=4. The monoisotopic (exact) mass is 274 g/mol. The van der Waals surface area contributed by atoms with Crippen LogP contribution in [0.15, 0.2) is 53.6 Å². The Hall–Kier alpha value is -2.75. The Kier molecular flexibility index (Phi) is 1.91. The van der Waals surface area contributed by atoms with Crippen molar-refractivity contribution in [2.45, 2.75) is 13.6 Å². The zero-order chi connectivity index (χ0) is 14.0. The van der Waals surface area contributed by atoms with Crippen LogP contribution in [0.25, 0.3) is 27.3 Å². The van der Waals surface area contributed by atoms with Gasteiger partial charge in [-0.2, -0.15) is 5.10 Å². The predicted molar refractivity (Wildman–Crippen MR) is 83.8 cm³/mol. The minimum absolute atomic E-state index is 0.715. The molecule has 0 spiro atoms. The fourth-order valence-electron chi connectivity index (χ4n) is 3.49. The first-order valence-corrected chi connectivity index (χ1v) is 7.13. The van der Waals surface area contributed by atoms with Gasteiger partial charge in [-0.25, -0.2) is 0 Å². The summed E-state index contributed by atoms with van der Waals surface area (Å²) in [5.74, 6) is 0. The summed E-state index contributed by atoms with van der Waals surface area (Å²) >= 11 is 0. The fraction of sp³-hybridized carbons (Fsp3) is 0.118. The van der Waals surface area contributed by atoms with Crippen LogP contribution in [0.4, 0.5) is 0 Å². The highest BCUT2D eigenvalue weighted by Gasteiger charge is 2.14. The summed E-state index contributed by atoms with van der Waals surface area (Å²) in [5.41, 5.74) is 9.02. The summed E-state index contributed by atoms with van der Waals surface area (Å²) in [6.45, 7) is 2.88. The maximum absolute atomic E-state index is 4.53. The topological polar surface area (TPSA) is 33.7 Å². The van der Waals surface area contributed by atoms with E-state index in [0.29, 0.717) is 6.67 Å². The Morgan fingerprint density at radius 2 is 1.90 bits per heavy atom. The zero-order valence-corrected chi connectivity index (χ0v) is 11.7. The summed E-state index contributed by atoms with van der Waals surface area (Å²) in [7, 11) is 0. The van der Waals surface area contributed by atoms with Crippen molar-refractivity contribution in [3.8, 4) is 0 Å². The number of fused-ring (bicyclic) bond motifs is 5. The summed E-state index contributed by atoms with van der Waals surface area (Å²) in [6.07, 6.45) is 0. The molecule has 0 saturated heterocycles. The summed E-state index contributed by atoms with van der Waals surface area (Å²) in [4.78, 5) is 0. The molecule has 0 bridgehead atoms. The van der Waals surface area contributed by atoms with Gasteiger partial charge in [0.1, 0.15) is 6.67 Å². The lowest BCUT2D eigenvalue weighted by Crippen LogP contribution is -2.14. The molecule has 0 radical (unpaired) electrons. The van der Waals surface area contributed by atoms with Gasteiger partial charge < -0.3 is 8.97 Å². The lowest BCUT2D eigenvalue weighted by atomic mass is 10.2. The third kappa shape index (κ3) is 1.27. The third-order valence-electron chi connectivity index (χ3n) is 4.33. The number of nitrogens with zero attached hydrogens (tertiary/aromatic N) is 3. The number of rotatable bonds is 0. The second kappa shape index (κ2) is 3.67.